The Morgan fingerprint density at radius 1 is 0.938 bits per heavy atom. The Morgan fingerprint density at radius 3 is 2.02 bits per heavy atom. The zero-order valence-electron chi connectivity index (χ0n) is 27.0. The first-order valence-electron chi connectivity index (χ1n) is 14.7. The topological polar surface area (TPSA) is 133 Å². The van der Waals surface area contributed by atoms with Crippen LogP contribution in [-0.2, 0) is 19.8 Å². The van der Waals surface area contributed by atoms with Crippen LogP contribution in [0.25, 0.3) is 28.3 Å². The molecule has 3 aromatic carbocycles. The van der Waals surface area contributed by atoms with E-state index >= 15 is 0 Å². The summed E-state index contributed by atoms with van der Waals surface area (Å²) in [4.78, 5) is 29.8. The number of rotatable bonds is 15. The second-order valence-electron chi connectivity index (χ2n) is 11.0. The van der Waals surface area contributed by atoms with Gasteiger partial charge in [0.1, 0.15) is 17.3 Å². The molecule has 3 N–H and O–H groups in total. The average molecular weight is 689 g/mol. The number of benzene rings is 3. The van der Waals surface area contributed by atoms with Crippen LogP contribution in [-0.4, -0.2) is 46.0 Å². The summed E-state index contributed by atoms with van der Waals surface area (Å²) in [5.74, 6) is -2.35. The van der Waals surface area contributed by atoms with E-state index in [1.54, 1.807) is 47.0 Å². The van der Waals surface area contributed by atoms with Gasteiger partial charge in [-0.15, -0.1) is 0 Å². The van der Waals surface area contributed by atoms with Crippen LogP contribution in [0.3, 0.4) is 0 Å². The van der Waals surface area contributed by atoms with Gasteiger partial charge in [-0.25, -0.2) is 13.7 Å². The van der Waals surface area contributed by atoms with Gasteiger partial charge in [0.15, 0.2) is 0 Å². The predicted octanol–water partition coefficient (Wildman–Crippen LogP) is 2.93. The maximum absolute atomic E-state index is 14.3. The Balaban J connectivity index is 0.00000625. The molecule has 0 unspecified atom stereocenters. The largest absolute Gasteiger partial charge is 1.00 e. The van der Waals surface area contributed by atoms with Crippen LogP contribution in [0.15, 0.2) is 78.9 Å². The summed E-state index contributed by atoms with van der Waals surface area (Å²) in [5.41, 5.74) is 4.15. The minimum absolute atomic E-state index is 0. The Labute approximate surface area is 304 Å². The average Bonchev–Trinajstić information content (AvgIpc) is 3.37. The van der Waals surface area contributed by atoms with Crippen LogP contribution in [0.2, 0.25) is 0 Å². The molecule has 0 bridgehead atoms. The molecule has 13 heteroatoms. The number of hydrogen-bond donors (Lipinski definition) is 3. The number of anilines is 1. The third-order valence-corrected chi connectivity index (χ3v) is 7.87. The van der Waals surface area contributed by atoms with Crippen LogP contribution in [0.1, 0.15) is 54.5 Å². The number of carboxylic acid groups (broad SMARTS) is 1. The third-order valence-electron chi connectivity index (χ3n) is 7.19. The van der Waals surface area contributed by atoms with Crippen LogP contribution in [0, 0.1) is 11.6 Å². The summed E-state index contributed by atoms with van der Waals surface area (Å²) in [6.07, 6.45) is -0.551. The molecule has 0 fully saturated rings. The van der Waals surface area contributed by atoms with Crippen LogP contribution >= 0.6 is 12.0 Å². The molecule has 0 saturated carbocycles. The number of amides is 1. The minimum Gasteiger partial charge on any atom is -0.550 e. The molecule has 0 radical (unpaired) electrons. The van der Waals surface area contributed by atoms with Crippen molar-refractivity contribution in [1.29, 1.82) is 0 Å². The molecule has 0 spiro atoms. The zero-order chi connectivity index (χ0) is 34.1. The number of nitrogens with one attached hydrogen (secondary N) is 1. The van der Waals surface area contributed by atoms with Gasteiger partial charge < -0.3 is 30.0 Å². The Kier molecular flexibility index (Phi) is 15.0. The fourth-order valence-electron chi connectivity index (χ4n) is 5.19. The number of aromatic nitrogens is 1. The van der Waals surface area contributed by atoms with E-state index in [0.29, 0.717) is 39.4 Å². The standard InChI is InChI=1S/C35H36F2N2O7S.Na/c1-21(2)39-30(17-16-28(40)18-29(41)19-31(42)43)32(23-6-10-25(36)11-7-23)33(24-8-12-26(37)13-9-24)34(39)35(44)38-27-14-4-22(5-15-27)20-47-46-45-3;/h4-17,21,28-29,40-41H,18-20H2,1-3H3,(H,38,44)(H,42,43);/q;+1/p-1/b17-16+;/t28-,29-;/m1./s1. The Bertz CT molecular complexity index is 1700. The molecular weight excluding hydrogens is 653 g/mol. The van der Waals surface area contributed by atoms with Crippen LogP contribution in [0.4, 0.5) is 14.5 Å². The number of halogens is 2. The van der Waals surface area contributed by atoms with Gasteiger partial charge in [0, 0.05) is 65.2 Å². The molecule has 2 atom stereocenters. The van der Waals surface area contributed by atoms with Gasteiger partial charge in [-0.1, -0.05) is 42.5 Å². The molecule has 0 aliphatic heterocycles. The first-order chi connectivity index (χ1) is 22.5. The van der Waals surface area contributed by atoms with E-state index in [-0.39, 0.29) is 47.7 Å². The van der Waals surface area contributed by atoms with E-state index in [4.69, 9.17) is 4.33 Å². The van der Waals surface area contributed by atoms with Gasteiger partial charge in [0.25, 0.3) is 5.91 Å². The summed E-state index contributed by atoms with van der Waals surface area (Å²) in [6, 6.07) is 18.2. The number of hydrogen-bond acceptors (Lipinski definition) is 8. The van der Waals surface area contributed by atoms with E-state index in [1.165, 1.54) is 37.5 Å². The van der Waals surface area contributed by atoms with E-state index in [1.807, 2.05) is 26.0 Å². The molecule has 9 nitrogen and oxygen atoms in total. The molecule has 0 aliphatic carbocycles. The summed E-state index contributed by atoms with van der Waals surface area (Å²) >= 11 is 1.11. The minimum atomic E-state index is -1.45. The van der Waals surface area contributed by atoms with Crippen molar-refractivity contribution in [3.8, 4) is 22.3 Å². The van der Waals surface area contributed by atoms with Crippen molar-refractivity contribution in [3.05, 3.63) is 107 Å². The van der Waals surface area contributed by atoms with Crippen molar-refractivity contribution in [2.45, 2.75) is 50.7 Å². The Hall–Kier alpha value is -3.33. The van der Waals surface area contributed by atoms with Gasteiger partial charge in [-0.05, 0) is 73.0 Å². The molecule has 1 aromatic heterocycles. The van der Waals surface area contributed by atoms with Crippen molar-refractivity contribution in [1.82, 2.24) is 4.57 Å². The number of aliphatic hydroxyl groups excluding tert-OH is 2. The van der Waals surface area contributed by atoms with Gasteiger partial charge in [0.05, 0.1) is 19.3 Å². The summed E-state index contributed by atoms with van der Waals surface area (Å²) in [7, 11) is 1.41. The molecule has 0 aliphatic rings. The molecule has 48 heavy (non-hydrogen) atoms. The maximum atomic E-state index is 14.3. The summed E-state index contributed by atoms with van der Waals surface area (Å²) in [5, 5.41) is 34.6. The van der Waals surface area contributed by atoms with Crippen molar-refractivity contribution >= 4 is 35.7 Å². The van der Waals surface area contributed by atoms with E-state index in [0.717, 1.165) is 17.6 Å². The molecule has 1 heterocycles. The van der Waals surface area contributed by atoms with E-state index < -0.39 is 42.1 Å². The normalized spacial score (nSPS) is 12.6. The quantitative estimate of drug-likeness (QED) is 0.0572. The zero-order valence-corrected chi connectivity index (χ0v) is 29.8. The first-order valence-corrected chi connectivity index (χ1v) is 15.7. The van der Waals surface area contributed by atoms with E-state index in [2.05, 4.69) is 10.2 Å². The predicted molar refractivity (Wildman–Crippen MR) is 175 cm³/mol. The number of carbonyl (C=O) groups excluding carboxylic acids is 2. The molecule has 248 valence electrons. The van der Waals surface area contributed by atoms with Crippen molar-refractivity contribution in [2.24, 2.45) is 0 Å². The number of nitrogens with zero attached hydrogens (tertiary/aromatic N) is 1. The molecule has 1 amide bonds. The smallest absolute Gasteiger partial charge is 0.550 e. The van der Waals surface area contributed by atoms with Crippen LogP contribution in [0.5, 0.6) is 0 Å². The van der Waals surface area contributed by atoms with Gasteiger partial charge >= 0.3 is 29.6 Å². The second kappa shape index (κ2) is 18.4. The second-order valence-corrected chi connectivity index (χ2v) is 11.7. The fraction of sp³-hybridized carbons (Fsp3) is 0.257. The summed E-state index contributed by atoms with van der Waals surface area (Å²) in [6.45, 7) is 3.73. The molecule has 4 rings (SSSR count). The molecular formula is C35H35F2N2NaO7S. The Morgan fingerprint density at radius 2 is 1.50 bits per heavy atom. The summed E-state index contributed by atoms with van der Waals surface area (Å²) < 4.78 is 34.8. The SMILES string of the molecule is COOSCc1ccc(NC(=O)c2c(-c3ccc(F)cc3)c(-c3ccc(F)cc3)c(/C=C/[C@@H](O)C[C@@H](O)CC(=O)[O-])n2C(C)C)cc1.[Na+]. The van der Waals surface area contributed by atoms with Gasteiger partial charge in [0.2, 0.25) is 0 Å². The van der Waals surface area contributed by atoms with Crippen LogP contribution < -0.4 is 40.0 Å². The number of carboxylic acids is 1. The number of aliphatic hydroxyl groups is 2. The van der Waals surface area contributed by atoms with E-state index in [9.17, 15) is 33.7 Å². The van der Waals surface area contributed by atoms with Crippen molar-refractivity contribution in [2.75, 3.05) is 12.4 Å². The van der Waals surface area contributed by atoms with Gasteiger partial charge in [-0.2, -0.15) is 4.33 Å². The monoisotopic (exact) mass is 688 g/mol. The first kappa shape index (κ1) is 39.1. The number of aliphatic carboxylic acids is 1. The van der Waals surface area contributed by atoms with Crippen molar-refractivity contribution < 1.29 is 72.5 Å². The molecule has 0 saturated heterocycles. The van der Waals surface area contributed by atoms with Gasteiger partial charge in [-0.3, -0.25) is 4.79 Å². The molecule has 4 aromatic rings. The third kappa shape index (κ3) is 10.3. The number of carbonyl (C=O) groups is 2. The maximum Gasteiger partial charge on any atom is 1.00 e. The van der Waals surface area contributed by atoms with Crippen molar-refractivity contribution in [3.63, 3.8) is 0 Å². The fourth-order valence-corrected chi connectivity index (χ4v) is 5.66.